The van der Waals surface area contributed by atoms with E-state index in [1.165, 1.54) is 19.3 Å². The zero-order valence-electron chi connectivity index (χ0n) is 19.8. The van der Waals surface area contributed by atoms with Crippen molar-refractivity contribution in [3.8, 4) is 6.07 Å². The van der Waals surface area contributed by atoms with Crippen molar-refractivity contribution >= 4 is 22.3 Å². The Morgan fingerprint density at radius 3 is 2.85 bits per heavy atom. The van der Waals surface area contributed by atoms with Crippen LogP contribution in [0, 0.1) is 17.2 Å². The van der Waals surface area contributed by atoms with Gasteiger partial charge in [-0.05, 0) is 48.4 Å². The summed E-state index contributed by atoms with van der Waals surface area (Å²) in [5, 5.41) is 15.1. The number of hydrogen-bond donors (Lipinski definition) is 2. The Morgan fingerprint density at radius 2 is 2.12 bits per heavy atom. The van der Waals surface area contributed by atoms with Crippen molar-refractivity contribution in [1.29, 1.82) is 5.26 Å². The smallest absolute Gasteiger partial charge is 0.327 e. The highest BCUT2D eigenvalue weighted by molar-refractivity contribution is 5.89. The van der Waals surface area contributed by atoms with Crippen molar-refractivity contribution in [2.24, 2.45) is 5.92 Å². The van der Waals surface area contributed by atoms with E-state index in [4.69, 9.17) is 0 Å². The van der Waals surface area contributed by atoms with Crippen LogP contribution in [0.3, 0.4) is 0 Å². The number of nitrogens with zero attached hydrogens (tertiary/aromatic N) is 3. The molecule has 1 fully saturated rings. The van der Waals surface area contributed by atoms with E-state index in [1.54, 1.807) is 4.57 Å². The highest BCUT2D eigenvalue weighted by Crippen LogP contribution is 2.31. The normalized spacial score (nSPS) is 16.7. The van der Waals surface area contributed by atoms with Crippen molar-refractivity contribution in [3.63, 3.8) is 0 Å². The Bertz CT molecular complexity index is 1260. The van der Waals surface area contributed by atoms with Gasteiger partial charge in [-0.3, -0.25) is 9.55 Å². The number of allylic oxidation sites excluding steroid dienone is 1. The Kier molecular flexibility index (Phi) is 6.88. The first-order chi connectivity index (χ1) is 16.1. The molecule has 2 N–H and O–H groups in total. The van der Waals surface area contributed by atoms with Crippen LogP contribution in [-0.2, 0) is 6.54 Å². The number of nitrogens with one attached hydrogen (secondary N) is 2. The molecule has 1 saturated heterocycles. The zero-order chi connectivity index (χ0) is 23.4. The summed E-state index contributed by atoms with van der Waals surface area (Å²) in [4.78, 5) is 18.5. The summed E-state index contributed by atoms with van der Waals surface area (Å²) >= 11 is 0. The topological polar surface area (TPSA) is 76.8 Å². The Morgan fingerprint density at radius 1 is 1.30 bits per heavy atom. The minimum absolute atomic E-state index is 0.173. The first-order valence-corrected chi connectivity index (χ1v) is 11.9. The lowest BCUT2D eigenvalue weighted by Gasteiger charge is -2.36. The number of aromatic amines is 1. The second kappa shape index (κ2) is 9.99. The summed E-state index contributed by atoms with van der Waals surface area (Å²) in [5.41, 5.74) is 3.23. The average Bonchev–Trinajstić information content (AvgIpc) is 3.15. The fraction of sp³-hybridized carbons (Fsp3) is 0.407. The van der Waals surface area contributed by atoms with E-state index in [0.717, 1.165) is 47.2 Å². The number of aromatic nitrogens is 2. The van der Waals surface area contributed by atoms with Crippen LogP contribution in [0.25, 0.3) is 16.5 Å². The number of hydrogen-bond acceptors (Lipinski definition) is 4. The minimum atomic E-state index is -0.173. The highest BCUT2D eigenvalue weighted by Gasteiger charge is 2.26. The zero-order valence-corrected chi connectivity index (χ0v) is 19.8. The molecule has 0 amide bonds. The molecule has 1 aliphatic heterocycles. The lowest BCUT2D eigenvalue weighted by molar-refractivity contribution is 0.234. The van der Waals surface area contributed by atoms with Crippen molar-refractivity contribution in [1.82, 2.24) is 14.5 Å². The van der Waals surface area contributed by atoms with Gasteiger partial charge in [-0.15, -0.1) is 0 Å². The molecular weight excluding hydrogens is 410 g/mol. The summed E-state index contributed by atoms with van der Waals surface area (Å²) in [5.74, 6) is 1.39. The first-order valence-electron chi connectivity index (χ1n) is 11.9. The second-order valence-electron chi connectivity index (χ2n) is 8.84. The van der Waals surface area contributed by atoms with Gasteiger partial charge >= 0.3 is 5.69 Å². The molecule has 0 saturated carbocycles. The van der Waals surface area contributed by atoms with Gasteiger partial charge < -0.3 is 10.2 Å². The average molecular weight is 444 g/mol. The van der Waals surface area contributed by atoms with E-state index >= 15 is 0 Å². The first kappa shape index (κ1) is 22.7. The quantitative estimate of drug-likeness (QED) is 0.528. The van der Waals surface area contributed by atoms with Crippen LogP contribution in [0.2, 0.25) is 0 Å². The van der Waals surface area contributed by atoms with Gasteiger partial charge in [-0.25, -0.2) is 4.79 Å². The van der Waals surface area contributed by atoms with Gasteiger partial charge in [0.05, 0.1) is 17.8 Å². The maximum atomic E-state index is 13.1. The van der Waals surface area contributed by atoms with Gasteiger partial charge in [0, 0.05) is 20.1 Å². The molecule has 6 heteroatoms. The molecule has 0 radical (unpaired) electrons. The molecule has 0 aliphatic carbocycles. The molecule has 0 spiro atoms. The standard InChI is InChI=1S/C27H33N5O/c1-4-9-19-10-8-15-31(17-19)24(5-2)25-26(29-3)30-27(33)32(25)18-21-14-13-20-11-6-7-12-22(20)23(21)16-28/h5-7,11-14,19,29H,4,8-10,15,17-18H2,1-3H3,(H,30,33)/b24-5+. The number of likely N-dealkylation sites (tertiary alicyclic amines) is 1. The van der Waals surface area contributed by atoms with Crippen molar-refractivity contribution in [2.45, 2.75) is 46.1 Å². The molecule has 172 valence electrons. The number of anilines is 1. The minimum Gasteiger partial charge on any atom is -0.373 e. The molecule has 1 aromatic heterocycles. The van der Waals surface area contributed by atoms with Crippen LogP contribution in [-0.4, -0.2) is 34.6 Å². The highest BCUT2D eigenvalue weighted by atomic mass is 16.1. The third-order valence-electron chi connectivity index (χ3n) is 6.76. The molecule has 1 atom stereocenters. The SMILES string of the molecule is C/C=C(\c1c(NC)[nH]c(=O)n1Cc1ccc2ccccc2c1C#N)N1CCCC(CCC)C1. The molecule has 3 aromatic rings. The van der Waals surface area contributed by atoms with E-state index in [9.17, 15) is 10.1 Å². The van der Waals surface area contributed by atoms with E-state index in [2.05, 4.69) is 34.3 Å². The number of piperidine rings is 1. The van der Waals surface area contributed by atoms with Gasteiger partial charge in [-0.1, -0.05) is 55.8 Å². The molecule has 1 unspecified atom stereocenters. The van der Waals surface area contributed by atoms with Crippen LogP contribution in [0.5, 0.6) is 0 Å². The van der Waals surface area contributed by atoms with Gasteiger partial charge in [0.15, 0.2) is 0 Å². The third kappa shape index (κ3) is 4.41. The largest absolute Gasteiger partial charge is 0.373 e. The number of nitriles is 1. The summed E-state index contributed by atoms with van der Waals surface area (Å²) in [6, 6.07) is 14.3. The van der Waals surface area contributed by atoms with Crippen molar-refractivity contribution < 1.29 is 0 Å². The maximum Gasteiger partial charge on any atom is 0.327 e. The lowest BCUT2D eigenvalue weighted by Crippen LogP contribution is -2.35. The van der Waals surface area contributed by atoms with Crippen LogP contribution in [0.15, 0.2) is 47.3 Å². The number of rotatable bonds is 7. The summed E-state index contributed by atoms with van der Waals surface area (Å²) in [6.07, 6.45) is 6.96. The van der Waals surface area contributed by atoms with Crippen molar-refractivity contribution in [2.75, 3.05) is 25.5 Å². The number of fused-ring (bicyclic) bond motifs is 1. The maximum absolute atomic E-state index is 13.1. The van der Waals surface area contributed by atoms with Crippen LogP contribution in [0.4, 0.5) is 5.82 Å². The van der Waals surface area contributed by atoms with E-state index in [0.29, 0.717) is 23.8 Å². The fourth-order valence-corrected chi connectivity index (χ4v) is 5.22. The summed E-state index contributed by atoms with van der Waals surface area (Å²) in [7, 11) is 1.83. The molecule has 1 aliphatic rings. The Balaban J connectivity index is 1.77. The van der Waals surface area contributed by atoms with E-state index in [1.807, 2.05) is 50.4 Å². The van der Waals surface area contributed by atoms with Crippen molar-refractivity contribution in [3.05, 3.63) is 69.8 Å². The van der Waals surface area contributed by atoms with E-state index in [-0.39, 0.29) is 5.69 Å². The predicted octanol–water partition coefficient (Wildman–Crippen LogP) is 5.16. The molecular formula is C27H33N5O. The summed E-state index contributed by atoms with van der Waals surface area (Å²) < 4.78 is 1.77. The molecule has 2 aromatic carbocycles. The van der Waals surface area contributed by atoms with Gasteiger partial charge in [-0.2, -0.15) is 5.26 Å². The Hall–Kier alpha value is -3.46. The Labute approximate surface area is 195 Å². The summed E-state index contributed by atoms with van der Waals surface area (Å²) in [6.45, 7) is 6.62. The van der Waals surface area contributed by atoms with Gasteiger partial charge in [0.25, 0.3) is 0 Å². The van der Waals surface area contributed by atoms with E-state index < -0.39 is 0 Å². The fourth-order valence-electron chi connectivity index (χ4n) is 5.22. The lowest BCUT2D eigenvalue weighted by atomic mass is 9.93. The number of H-pyrrole nitrogens is 1. The molecule has 0 bridgehead atoms. The van der Waals surface area contributed by atoms with Gasteiger partial charge in [0.2, 0.25) is 0 Å². The molecule has 2 heterocycles. The molecule has 33 heavy (non-hydrogen) atoms. The number of imidazole rings is 1. The van der Waals surface area contributed by atoms with Gasteiger partial charge in [0.1, 0.15) is 17.6 Å². The molecule has 6 nitrogen and oxygen atoms in total. The van der Waals surface area contributed by atoms with Crippen LogP contribution < -0.4 is 11.0 Å². The monoisotopic (exact) mass is 443 g/mol. The second-order valence-corrected chi connectivity index (χ2v) is 8.84. The predicted molar refractivity (Wildman–Crippen MR) is 135 cm³/mol. The number of benzene rings is 2. The third-order valence-corrected chi connectivity index (χ3v) is 6.76. The van der Waals surface area contributed by atoms with Crippen LogP contribution >= 0.6 is 0 Å². The molecule has 4 rings (SSSR count). The van der Waals surface area contributed by atoms with Crippen LogP contribution in [0.1, 0.15) is 56.4 Å².